The van der Waals surface area contributed by atoms with Crippen molar-refractivity contribution < 1.29 is 10.0 Å². The molecular formula is C12H15NO3. The fourth-order valence-corrected chi connectivity index (χ4v) is 2.48. The van der Waals surface area contributed by atoms with Gasteiger partial charge in [-0.1, -0.05) is 30.3 Å². The van der Waals surface area contributed by atoms with Gasteiger partial charge in [0.15, 0.2) is 5.60 Å². The lowest BCUT2D eigenvalue weighted by atomic mass is 9.76. The van der Waals surface area contributed by atoms with E-state index >= 15 is 0 Å². The van der Waals surface area contributed by atoms with Gasteiger partial charge in [-0.05, 0) is 24.8 Å². The van der Waals surface area contributed by atoms with Gasteiger partial charge in [0, 0.05) is 11.3 Å². The van der Waals surface area contributed by atoms with E-state index in [1.165, 1.54) is 0 Å². The molecule has 0 bridgehead atoms. The van der Waals surface area contributed by atoms with E-state index in [2.05, 4.69) is 0 Å². The smallest absolute Gasteiger partial charge is 0.245 e. The summed E-state index contributed by atoms with van der Waals surface area (Å²) in [5.41, 5.74) is -0.625. The maximum absolute atomic E-state index is 11.0. The Morgan fingerprint density at radius 2 is 2.00 bits per heavy atom. The molecule has 0 aliphatic heterocycles. The van der Waals surface area contributed by atoms with E-state index in [9.17, 15) is 15.2 Å². The Bertz CT molecular complexity index is 379. The summed E-state index contributed by atoms with van der Waals surface area (Å²) in [6.45, 7) is 0. The summed E-state index contributed by atoms with van der Waals surface area (Å²) in [4.78, 5) is 10.6. The molecule has 1 fully saturated rings. The van der Waals surface area contributed by atoms with Crippen LogP contribution in [0.25, 0.3) is 0 Å². The van der Waals surface area contributed by atoms with E-state index < -0.39 is 11.6 Å². The van der Waals surface area contributed by atoms with Crippen LogP contribution in [0.1, 0.15) is 31.2 Å². The van der Waals surface area contributed by atoms with Crippen molar-refractivity contribution >= 4 is 0 Å². The van der Waals surface area contributed by atoms with Gasteiger partial charge in [-0.3, -0.25) is 10.1 Å². The first-order chi connectivity index (χ1) is 7.64. The number of hydrogen-bond donors (Lipinski definition) is 1. The third-order valence-electron chi connectivity index (χ3n) is 3.36. The zero-order valence-corrected chi connectivity index (χ0v) is 9.00. The molecule has 0 radical (unpaired) electrons. The predicted molar refractivity (Wildman–Crippen MR) is 59.6 cm³/mol. The highest BCUT2D eigenvalue weighted by molar-refractivity contribution is 5.24. The molecule has 0 saturated heterocycles. The van der Waals surface area contributed by atoms with Crippen LogP contribution in [0.3, 0.4) is 0 Å². The molecule has 2 rings (SSSR count). The van der Waals surface area contributed by atoms with Crippen molar-refractivity contribution in [2.75, 3.05) is 0 Å². The maximum Gasteiger partial charge on any atom is 0.245 e. The molecule has 0 spiro atoms. The molecule has 0 heterocycles. The summed E-state index contributed by atoms with van der Waals surface area (Å²) in [5, 5.41) is 21.5. The molecule has 86 valence electrons. The fraction of sp³-hybridized carbons (Fsp3) is 0.500. The van der Waals surface area contributed by atoms with Crippen molar-refractivity contribution in [1.82, 2.24) is 0 Å². The van der Waals surface area contributed by atoms with Gasteiger partial charge in [0.2, 0.25) is 6.04 Å². The highest BCUT2D eigenvalue weighted by Gasteiger charge is 2.48. The van der Waals surface area contributed by atoms with Crippen LogP contribution in [0.15, 0.2) is 30.3 Å². The Morgan fingerprint density at radius 1 is 1.31 bits per heavy atom. The zero-order chi connectivity index (χ0) is 11.6. The Labute approximate surface area is 94.1 Å². The van der Waals surface area contributed by atoms with Crippen molar-refractivity contribution in [3.8, 4) is 0 Å². The summed E-state index contributed by atoms with van der Waals surface area (Å²) in [5.74, 6) is 0. The molecule has 0 aromatic heterocycles. The Kier molecular flexibility index (Phi) is 2.92. The summed E-state index contributed by atoms with van der Waals surface area (Å²) in [6, 6.07) is 8.11. The Morgan fingerprint density at radius 3 is 2.62 bits per heavy atom. The molecule has 2 atom stereocenters. The van der Waals surface area contributed by atoms with Gasteiger partial charge in [-0.15, -0.1) is 0 Å². The van der Waals surface area contributed by atoms with Gasteiger partial charge in [0.05, 0.1) is 0 Å². The lowest BCUT2D eigenvalue weighted by Crippen LogP contribution is -2.46. The second kappa shape index (κ2) is 4.22. The lowest BCUT2D eigenvalue weighted by molar-refractivity contribution is -0.552. The average Bonchev–Trinajstić information content (AvgIpc) is 2.30. The van der Waals surface area contributed by atoms with Gasteiger partial charge in [-0.25, -0.2) is 0 Å². The van der Waals surface area contributed by atoms with E-state index in [-0.39, 0.29) is 4.92 Å². The first kappa shape index (κ1) is 11.1. The molecular weight excluding hydrogens is 206 g/mol. The number of aliphatic hydroxyl groups is 1. The van der Waals surface area contributed by atoms with Crippen molar-refractivity contribution in [3.63, 3.8) is 0 Å². The molecule has 4 heteroatoms. The van der Waals surface area contributed by atoms with E-state index in [4.69, 9.17) is 0 Å². The van der Waals surface area contributed by atoms with E-state index in [0.29, 0.717) is 18.4 Å². The van der Waals surface area contributed by atoms with E-state index in [0.717, 1.165) is 12.8 Å². The lowest BCUT2D eigenvalue weighted by Gasteiger charge is -2.34. The minimum atomic E-state index is -1.29. The van der Waals surface area contributed by atoms with Gasteiger partial charge < -0.3 is 5.11 Å². The largest absolute Gasteiger partial charge is 0.378 e. The molecule has 1 aromatic rings. The second-order valence-corrected chi connectivity index (χ2v) is 4.34. The van der Waals surface area contributed by atoms with Crippen molar-refractivity contribution in [2.45, 2.75) is 37.3 Å². The molecule has 1 saturated carbocycles. The summed E-state index contributed by atoms with van der Waals surface area (Å²) >= 11 is 0. The van der Waals surface area contributed by atoms with Gasteiger partial charge in [-0.2, -0.15) is 0 Å². The highest BCUT2D eigenvalue weighted by atomic mass is 16.6. The quantitative estimate of drug-likeness (QED) is 0.614. The molecule has 1 N–H and O–H groups in total. The third-order valence-corrected chi connectivity index (χ3v) is 3.36. The minimum Gasteiger partial charge on any atom is -0.378 e. The number of hydrogen-bond acceptors (Lipinski definition) is 3. The normalized spacial score (nSPS) is 29.9. The van der Waals surface area contributed by atoms with Crippen LogP contribution in [-0.2, 0) is 5.60 Å². The van der Waals surface area contributed by atoms with Crippen LogP contribution >= 0.6 is 0 Å². The minimum absolute atomic E-state index is 0.341. The molecule has 1 aliphatic rings. The van der Waals surface area contributed by atoms with Crippen molar-refractivity contribution in [3.05, 3.63) is 46.0 Å². The van der Waals surface area contributed by atoms with Gasteiger partial charge >= 0.3 is 0 Å². The van der Waals surface area contributed by atoms with Crippen LogP contribution in [0, 0.1) is 10.1 Å². The third kappa shape index (κ3) is 1.80. The van der Waals surface area contributed by atoms with Crippen LogP contribution in [0.4, 0.5) is 0 Å². The van der Waals surface area contributed by atoms with Crippen LogP contribution in [-0.4, -0.2) is 16.1 Å². The summed E-state index contributed by atoms with van der Waals surface area (Å²) < 4.78 is 0. The zero-order valence-electron chi connectivity index (χ0n) is 9.00. The van der Waals surface area contributed by atoms with Crippen molar-refractivity contribution in [2.24, 2.45) is 0 Å². The van der Waals surface area contributed by atoms with Crippen LogP contribution < -0.4 is 0 Å². The highest BCUT2D eigenvalue weighted by Crippen LogP contribution is 2.38. The van der Waals surface area contributed by atoms with E-state index in [1.54, 1.807) is 24.3 Å². The topological polar surface area (TPSA) is 63.4 Å². The number of nitro groups is 1. The number of nitrogens with zero attached hydrogens (tertiary/aromatic N) is 1. The Balaban J connectivity index is 2.37. The summed E-state index contributed by atoms with van der Waals surface area (Å²) in [6.07, 6.45) is 2.59. The Hall–Kier alpha value is -1.42. The molecule has 4 nitrogen and oxygen atoms in total. The monoisotopic (exact) mass is 221 g/mol. The maximum atomic E-state index is 11.0. The molecule has 0 unspecified atom stereocenters. The first-order valence-electron chi connectivity index (χ1n) is 5.56. The SMILES string of the molecule is O=[N+]([O-])[C@H]1CCCC[C@@]1(O)c1ccccc1. The van der Waals surface area contributed by atoms with Gasteiger partial charge in [0.25, 0.3) is 0 Å². The fourth-order valence-electron chi connectivity index (χ4n) is 2.48. The van der Waals surface area contributed by atoms with E-state index in [1.807, 2.05) is 6.07 Å². The number of rotatable bonds is 2. The number of benzene rings is 1. The molecule has 1 aromatic carbocycles. The first-order valence-corrected chi connectivity index (χ1v) is 5.56. The second-order valence-electron chi connectivity index (χ2n) is 4.34. The van der Waals surface area contributed by atoms with Crippen LogP contribution in [0.2, 0.25) is 0 Å². The van der Waals surface area contributed by atoms with Crippen molar-refractivity contribution in [1.29, 1.82) is 0 Å². The standard InChI is InChI=1S/C12H15NO3/c14-12(10-6-2-1-3-7-10)9-5-4-8-11(12)13(15)16/h1-3,6-7,11,14H,4-5,8-9H2/t11-,12+/m0/s1. The molecule has 16 heavy (non-hydrogen) atoms. The van der Waals surface area contributed by atoms with Gasteiger partial charge in [0.1, 0.15) is 0 Å². The molecule has 1 aliphatic carbocycles. The average molecular weight is 221 g/mol. The predicted octanol–water partition coefficient (Wildman–Crippen LogP) is 2.09. The summed E-state index contributed by atoms with van der Waals surface area (Å²) in [7, 11) is 0. The van der Waals surface area contributed by atoms with Crippen LogP contribution in [0.5, 0.6) is 0 Å². The molecule has 0 amide bonds.